The van der Waals surface area contributed by atoms with Crippen molar-refractivity contribution in [3.63, 3.8) is 0 Å². The van der Waals surface area contributed by atoms with E-state index < -0.39 is 4.92 Å². The zero-order chi connectivity index (χ0) is 16.8. The molecule has 2 aromatic rings. The van der Waals surface area contributed by atoms with Gasteiger partial charge in [-0.05, 0) is 24.3 Å². The van der Waals surface area contributed by atoms with E-state index in [-0.39, 0.29) is 22.6 Å². The van der Waals surface area contributed by atoms with E-state index in [1.807, 2.05) is 6.07 Å². The topological polar surface area (TPSA) is 98.3 Å². The number of pyridine rings is 1. The normalized spacial score (nSPS) is 10.7. The molecule has 7 heteroatoms. The summed E-state index contributed by atoms with van der Waals surface area (Å²) in [5.74, 6) is 0.522. The molecule has 0 bridgehead atoms. The largest absolute Gasteiger partial charge is 0.493 e. The molecule has 0 aliphatic heterocycles. The Morgan fingerprint density at radius 1 is 1.30 bits per heavy atom. The fraction of sp³-hybridized carbons (Fsp3) is 0.125. The molecule has 0 fully saturated rings. The maximum atomic E-state index is 11.3. The second-order valence-corrected chi connectivity index (χ2v) is 4.41. The minimum absolute atomic E-state index is 0.108. The van der Waals surface area contributed by atoms with Crippen LogP contribution < -0.4 is 9.47 Å². The third-order valence-corrected chi connectivity index (χ3v) is 3.09. The van der Waals surface area contributed by atoms with Crippen LogP contribution in [0.5, 0.6) is 11.5 Å². The molecule has 23 heavy (non-hydrogen) atoms. The zero-order valence-corrected chi connectivity index (χ0v) is 12.5. The minimum atomic E-state index is -0.569. The van der Waals surface area contributed by atoms with Crippen molar-refractivity contribution >= 4 is 17.3 Å². The average molecular weight is 311 g/mol. The van der Waals surface area contributed by atoms with E-state index >= 15 is 0 Å². The fourth-order valence-electron chi connectivity index (χ4n) is 2.01. The van der Waals surface area contributed by atoms with Gasteiger partial charge in [-0.25, -0.2) is 0 Å². The number of allylic oxidation sites excluding steroid dienone is 1. The third kappa shape index (κ3) is 3.44. The molecule has 7 nitrogen and oxygen atoms in total. The fourth-order valence-corrected chi connectivity index (χ4v) is 2.01. The molecule has 0 radical (unpaired) electrons. The number of hydrogen-bond acceptors (Lipinski definition) is 6. The quantitative estimate of drug-likeness (QED) is 0.478. The summed E-state index contributed by atoms with van der Waals surface area (Å²) in [6, 6.07) is 9.81. The second kappa shape index (κ2) is 7.04. The molecule has 0 unspecified atom stereocenters. The van der Waals surface area contributed by atoms with E-state index in [4.69, 9.17) is 9.47 Å². The van der Waals surface area contributed by atoms with Gasteiger partial charge >= 0.3 is 0 Å². The number of nitrogens with zero attached hydrogens (tertiary/aromatic N) is 3. The van der Waals surface area contributed by atoms with Gasteiger partial charge in [0.15, 0.2) is 11.5 Å². The van der Waals surface area contributed by atoms with Gasteiger partial charge in [-0.2, -0.15) is 5.26 Å². The van der Waals surface area contributed by atoms with Crippen molar-refractivity contribution in [1.29, 1.82) is 5.26 Å². The molecule has 1 heterocycles. The first-order valence-corrected chi connectivity index (χ1v) is 6.54. The number of nitriles is 1. The standard InChI is InChI=1S/C16H13N3O4/c1-22-15-8-13(14(19(20)21)9-16(15)23-2)11(10-17)7-12-5-3-4-6-18-12/h3-9H,1-2H3/b11-7-. The first-order chi connectivity index (χ1) is 11.1. The summed E-state index contributed by atoms with van der Waals surface area (Å²) >= 11 is 0. The van der Waals surface area contributed by atoms with Gasteiger partial charge in [-0.3, -0.25) is 15.1 Å². The van der Waals surface area contributed by atoms with Crippen LogP contribution in [0.25, 0.3) is 11.6 Å². The summed E-state index contributed by atoms with van der Waals surface area (Å²) in [4.78, 5) is 14.8. The highest BCUT2D eigenvalue weighted by molar-refractivity contribution is 5.92. The van der Waals surface area contributed by atoms with Crippen molar-refractivity contribution in [2.75, 3.05) is 14.2 Å². The van der Waals surface area contributed by atoms with Crippen molar-refractivity contribution in [3.8, 4) is 17.6 Å². The van der Waals surface area contributed by atoms with Gasteiger partial charge in [0.05, 0.1) is 42.0 Å². The van der Waals surface area contributed by atoms with Gasteiger partial charge in [0.2, 0.25) is 0 Å². The summed E-state index contributed by atoms with van der Waals surface area (Å²) in [6.07, 6.45) is 3.05. The molecule has 0 N–H and O–H groups in total. The monoisotopic (exact) mass is 311 g/mol. The predicted octanol–water partition coefficient (Wildman–Crippen LogP) is 3.07. The number of hydrogen-bond donors (Lipinski definition) is 0. The Bertz CT molecular complexity index is 795. The Kier molecular flexibility index (Phi) is 4.89. The summed E-state index contributed by atoms with van der Waals surface area (Å²) in [5, 5.41) is 20.7. The Hall–Kier alpha value is -3.40. The molecule has 2 rings (SSSR count). The van der Waals surface area contributed by atoms with Crippen LogP contribution in [0.4, 0.5) is 5.69 Å². The Labute approximate surface area is 132 Å². The Morgan fingerprint density at radius 3 is 2.52 bits per heavy atom. The van der Waals surface area contributed by atoms with Gasteiger partial charge in [-0.15, -0.1) is 0 Å². The van der Waals surface area contributed by atoms with E-state index in [0.29, 0.717) is 11.4 Å². The number of aromatic nitrogens is 1. The highest BCUT2D eigenvalue weighted by atomic mass is 16.6. The zero-order valence-electron chi connectivity index (χ0n) is 12.5. The van der Waals surface area contributed by atoms with E-state index in [1.165, 1.54) is 32.4 Å². The number of rotatable bonds is 5. The summed E-state index contributed by atoms with van der Waals surface area (Å²) in [7, 11) is 2.80. The van der Waals surface area contributed by atoms with Gasteiger partial charge in [0.1, 0.15) is 6.07 Å². The summed E-state index contributed by atoms with van der Waals surface area (Å²) < 4.78 is 10.2. The molecule has 0 aliphatic rings. The summed E-state index contributed by atoms with van der Waals surface area (Å²) in [5.41, 5.74) is 0.525. The summed E-state index contributed by atoms with van der Waals surface area (Å²) in [6.45, 7) is 0. The van der Waals surface area contributed by atoms with Crippen LogP contribution in [0.2, 0.25) is 0 Å². The van der Waals surface area contributed by atoms with Crippen LogP contribution in [-0.2, 0) is 0 Å². The van der Waals surface area contributed by atoms with Crippen molar-refractivity contribution in [2.45, 2.75) is 0 Å². The first-order valence-electron chi connectivity index (χ1n) is 6.54. The number of ether oxygens (including phenoxy) is 2. The van der Waals surface area contributed by atoms with Crippen LogP contribution in [0.1, 0.15) is 11.3 Å². The lowest BCUT2D eigenvalue weighted by molar-refractivity contribution is -0.385. The lowest BCUT2D eigenvalue weighted by Crippen LogP contribution is -1.99. The van der Waals surface area contributed by atoms with E-state index in [2.05, 4.69) is 4.98 Å². The molecule has 0 aliphatic carbocycles. The first kappa shape index (κ1) is 16.0. The van der Waals surface area contributed by atoms with Gasteiger partial charge < -0.3 is 9.47 Å². The molecular formula is C16H13N3O4. The van der Waals surface area contributed by atoms with Crippen LogP contribution in [0, 0.1) is 21.4 Å². The van der Waals surface area contributed by atoms with Gasteiger partial charge in [0.25, 0.3) is 5.69 Å². The third-order valence-electron chi connectivity index (χ3n) is 3.09. The molecule has 1 aromatic heterocycles. The van der Waals surface area contributed by atoms with Crippen molar-refractivity contribution in [3.05, 3.63) is 57.9 Å². The number of methoxy groups -OCH3 is 2. The SMILES string of the molecule is COc1cc(/C(C#N)=C\c2ccccn2)c([N+](=O)[O-])cc1OC. The molecule has 0 spiro atoms. The van der Waals surface area contributed by atoms with Crippen molar-refractivity contribution in [2.24, 2.45) is 0 Å². The molecular weight excluding hydrogens is 298 g/mol. The van der Waals surface area contributed by atoms with Gasteiger partial charge in [-0.1, -0.05) is 6.07 Å². The smallest absolute Gasteiger partial charge is 0.281 e. The van der Waals surface area contributed by atoms with Crippen LogP contribution in [-0.4, -0.2) is 24.1 Å². The van der Waals surface area contributed by atoms with Crippen LogP contribution >= 0.6 is 0 Å². The second-order valence-electron chi connectivity index (χ2n) is 4.41. The maximum absolute atomic E-state index is 11.3. The van der Waals surface area contributed by atoms with E-state index in [0.717, 1.165) is 0 Å². The van der Waals surface area contributed by atoms with Crippen LogP contribution in [0.15, 0.2) is 36.5 Å². The maximum Gasteiger partial charge on any atom is 0.281 e. The Morgan fingerprint density at radius 2 is 2.00 bits per heavy atom. The number of benzene rings is 1. The highest BCUT2D eigenvalue weighted by Crippen LogP contribution is 2.37. The highest BCUT2D eigenvalue weighted by Gasteiger charge is 2.22. The van der Waals surface area contributed by atoms with Crippen molar-refractivity contribution in [1.82, 2.24) is 4.98 Å². The molecule has 1 aromatic carbocycles. The van der Waals surface area contributed by atoms with Gasteiger partial charge in [0, 0.05) is 6.20 Å². The van der Waals surface area contributed by atoms with E-state index in [9.17, 15) is 15.4 Å². The molecule has 116 valence electrons. The lowest BCUT2D eigenvalue weighted by atomic mass is 10.0. The molecule has 0 amide bonds. The lowest BCUT2D eigenvalue weighted by Gasteiger charge is -2.10. The minimum Gasteiger partial charge on any atom is -0.493 e. The molecule has 0 saturated carbocycles. The molecule has 0 saturated heterocycles. The predicted molar refractivity (Wildman–Crippen MR) is 83.9 cm³/mol. The van der Waals surface area contributed by atoms with E-state index in [1.54, 1.807) is 24.4 Å². The molecule has 0 atom stereocenters. The van der Waals surface area contributed by atoms with Crippen molar-refractivity contribution < 1.29 is 14.4 Å². The number of nitro benzene ring substituents is 1. The Balaban J connectivity index is 2.66. The number of nitro groups is 1. The average Bonchev–Trinajstić information content (AvgIpc) is 2.59. The van der Waals surface area contributed by atoms with Crippen LogP contribution in [0.3, 0.4) is 0 Å².